The van der Waals surface area contributed by atoms with E-state index in [0.29, 0.717) is 5.69 Å². The average molecular weight is 382 g/mol. The third-order valence-electron chi connectivity index (χ3n) is 3.77. The van der Waals surface area contributed by atoms with E-state index in [1.54, 1.807) is 0 Å². The third-order valence-corrected chi connectivity index (χ3v) is 4.08. The van der Waals surface area contributed by atoms with Crippen LogP contribution in [0.4, 0.5) is 28.9 Å². The van der Waals surface area contributed by atoms with E-state index in [4.69, 9.17) is 11.6 Å². The zero-order valence-corrected chi connectivity index (χ0v) is 13.5. The molecule has 2 aromatic heterocycles. The van der Waals surface area contributed by atoms with Crippen molar-refractivity contribution < 1.29 is 17.6 Å². The number of benzene rings is 1. The Kier molecular flexibility index (Phi) is 3.69. The SMILES string of the molecule is Fc1cccc(Cl)c1C1=Nc2cnc(C(F)(F)F)cc2-c2[nH]ncc2N1. The molecule has 2 N–H and O–H groups in total. The standard InChI is InChI=1S/C16H8ClF4N5/c17-8-2-1-3-9(18)13(8)15-24-10-5-22-12(16(19,20)21)4-7(10)14-11(25-15)6-23-26-14/h1-6H,(H,23,26)(H,24,25). The van der Waals surface area contributed by atoms with Gasteiger partial charge in [0.15, 0.2) is 0 Å². The van der Waals surface area contributed by atoms with E-state index in [1.165, 1.54) is 24.4 Å². The summed E-state index contributed by atoms with van der Waals surface area (Å²) in [6.45, 7) is 0. The van der Waals surface area contributed by atoms with Crippen LogP contribution in [0, 0.1) is 5.82 Å². The zero-order valence-electron chi connectivity index (χ0n) is 12.7. The summed E-state index contributed by atoms with van der Waals surface area (Å²) in [6.07, 6.45) is -2.27. The number of nitrogens with zero attached hydrogens (tertiary/aromatic N) is 3. The molecule has 3 aromatic rings. The maximum absolute atomic E-state index is 14.3. The van der Waals surface area contributed by atoms with E-state index in [9.17, 15) is 17.6 Å². The Morgan fingerprint density at radius 2 is 1.92 bits per heavy atom. The first-order valence-corrected chi connectivity index (χ1v) is 7.63. The molecule has 1 aliphatic rings. The summed E-state index contributed by atoms with van der Waals surface area (Å²) in [7, 11) is 0. The molecule has 0 radical (unpaired) electrons. The number of hydrogen-bond donors (Lipinski definition) is 2. The first-order valence-electron chi connectivity index (χ1n) is 7.25. The Morgan fingerprint density at radius 3 is 2.65 bits per heavy atom. The molecule has 0 amide bonds. The number of nitrogens with one attached hydrogen (secondary N) is 2. The Bertz CT molecular complexity index is 1020. The van der Waals surface area contributed by atoms with Crippen molar-refractivity contribution in [2.45, 2.75) is 6.18 Å². The molecule has 132 valence electrons. The van der Waals surface area contributed by atoms with Gasteiger partial charge in [0.1, 0.15) is 17.3 Å². The number of aliphatic imine (C=N–C) groups is 1. The first-order chi connectivity index (χ1) is 12.3. The number of H-pyrrole nitrogens is 1. The quantitative estimate of drug-likeness (QED) is 0.596. The molecule has 0 bridgehead atoms. The molecule has 0 fully saturated rings. The Hall–Kier alpha value is -2.94. The van der Waals surface area contributed by atoms with Crippen LogP contribution < -0.4 is 5.32 Å². The summed E-state index contributed by atoms with van der Waals surface area (Å²) in [4.78, 5) is 7.66. The minimum atomic E-state index is -4.61. The minimum Gasteiger partial charge on any atom is -0.336 e. The highest BCUT2D eigenvalue weighted by Crippen LogP contribution is 2.40. The maximum atomic E-state index is 14.3. The van der Waals surface area contributed by atoms with Crippen LogP contribution in [0.3, 0.4) is 0 Å². The van der Waals surface area contributed by atoms with E-state index in [1.807, 2.05) is 0 Å². The number of fused-ring (bicyclic) bond motifs is 3. The molecule has 10 heteroatoms. The predicted molar refractivity (Wildman–Crippen MR) is 88.1 cm³/mol. The highest BCUT2D eigenvalue weighted by molar-refractivity contribution is 6.35. The van der Waals surface area contributed by atoms with Gasteiger partial charge in [-0.2, -0.15) is 18.3 Å². The Morgan fingerprint density at radius 1 is 1.12 bits per heavy atom. The Balaban J connectivity index is 1.96. The zero-order chi connectivity index (χ0) is 18.5. The van der Waals surface area contributed by atoms with Crippen LogP contribution in [-0.2, 0) is 6.18 Å². The fourth-order valence-electron chi connectivity index (χ4n) is 2.60. The van der Waals surface area contributed by atoms with E-state index in [-0.39, 0.29) is 33.4 Å². The predicted octanol–water partition coefficient (Wildman–Crippen LogP) is 4.79. The van der Waals surface area contributed by atoms with Gasteiger partial charge >= 0.3 is 6.18 Å². The van der Waals surface area contributed by atoms with Gasteiger partial charge in [-0.05, 0) is 18.2 Å². The molecule has 0 saturated heterocycles. The van der Waals surface area contributed by atoms with Crippen molar-refractivity contribution in [2.24, 2.45) is 4.99 Å². The molecule has 0 spiro atoms. The number of rotatable bonds is 1. The van der Waals surface area contributed by atoms with Crippen molar-refractivity contribution in [1.82, 2.24) is 15.2 Å². The van der Waals surface area contributed by atoms with Gasteiger partial charge in [0.2, 0.25) is 0 Å². The van der Waals surface area contributed by atoms with Crippen LogP contribution in [0.25, 0.3) is 11.3 Å². The molecule has 1 aromatic carbocycles. The second kappa shape index (κ2) is 5.80. The van der Waals surface area contributed by atoms with Crippen LogP contribution in [-0.4, -0.2) is 21.0 Å². The molecular weight excluding hydrogens is 374 g/mol. The second-order valence-electron chi connectivity index (χ2n) is 5.43. The van der Waals surface area contributed by atoms with Gasteiger partial charge in [0.25, 0.3) is 0 Å². The van der Waals surface area contributed by atoms with Crippen LogP contribution in [0.2, 0.25) is 5.02 Å². The van der Waals surface area contributed by atoms with Gasteiger partial charge in [-0.1, -0.05) is 17.7 Å². The van der Waals surface area contributed by atoms with Gasteiger partial charge in [-0.3, -0.25) is 5.10 Å². The largest absolute Gasteiger partial charge is 0.433 e. The fourth-order valence-corrected chi connectivity index (χ4v) is 2.85. The normalized spacial score (nSPS) is 13.3. The van der Waals surface area contributed by atoms with Crippen LogP contribution in [0.1, 0.15) is 11.3 Å². The number of alkyl halides is 3. The summed E-state index contributed by atoms with van der Waals surface area (Å²) in [5.41, 5.74) is -0.216. The highest BCUT2D eigenvalue weighted by atomic mass is 35.5. The smallest absolute Gasteiger partial charge is 0.336 e. The molecule has 0 unspecified atom stereocenters. The number of pyridine rings is 1. The molecule has 0 saturated carbocycles. The van der Waals surface area contributed by atoms with Crippen LogP contribution in [0.15, 0.2) is 41.7 Å². The number of amidine groups is 1. The minimum absolute atomic E-state index is 0.00550. The van der Waals surface area contributed by atoms with E-state index in [0.717, 1.165) is 12.3 Å². The summed E-state index contributed by atoms with van der Waals surface area (Å²) < 4.78 is 53.3. The van der Waals surface area contributed by atoms with Gasteiger partial charge in [0.05, 0.1) is 40.0 Å². The second-order valence-corrected chi connectivity index (χ2v) is 5.83. The summed E-state index contributed by atoms with van der Waals surface area (Å²) >= 11 is 6.08. The number of aromatic nitrogens is 3. The number of halogens is 5. The van der Waals surface area contributed by atoms with Crippen molar-refractivity contribution in [3.63, 3.8) is 0 Å². The van der Waals surface area contributed by atoms with Gasteiger partial charge in [-0.15, -0.1) is 0 Å². The lowest BCUT2D eigenvalue weighted by Gasteiger charge is -2.10. The van der Waals surface area contributed by atoms with Crippen LogP contribution in [0.5, 0.6) is 0 Å². The molecule has 26 heavy (non-hydrogen) atoms. The van der Waals surface area contributed by atoms with Crippen molar-refractivity contribution >= 4 is 28.8 Å². The summed E-state index contributed by atoms with van der Waals surface area (Å²) in [5.74, 6) is -0.590. The summed E-state index contributed by atoms with van der Waals surface area (Å²) in [6, 6.07) is 4.99. The fraction of sp³-hybridized carbons (Fsp3) is 0.0625. The van der Waals surface area contributed by atoms with E-state index >= 15 is 0 Å². The van der Waals surface area contributed by atoms with E-state index < -0.39 is 17.7 Å². The molecule has 3 heterocycles. The van der Waals surface area contributed by atoms with Gasteiger partial charge < -0.3 is 5.32 Å². The molecule has 1 aliphatic heterocycles. The average Bonchev–Trinajstić information content (AvgIpc) is 2.96. The van der Waals surface area contributed by atoms with Crippen LogP contribution >= 0.6 is 11.6 Å². The Labute approximate surface area is 148 Å². The monoisotopic (exact) mass is 381 g/mol. The number of anilines is 1. The number of aromatic amines is 1. The first kappa shape index (κ1) is 16.5. The van der Waals surface area contributed by atoms with Crippen molar-refractivity contribution in [1.29, 1.82) is 0 Å². The lowest BCUT2D eigenvalue weighted by molar-refractivity contribution is -0.141. The summed E-state index contributed by atoms with van der Waals surface area (Å²) in [5, 5.41) is 9.43. The molecule has 0 aliphatic carbocycles. The van der Waals surface area contributed by atoms with E-state index in [2.05, 4.69) is 25.5 Å². The van der Waals surface area contributed by atoms with Crippen molar-refractivity contribution in [3.8, 4) is 11.3 Å². The van der Waals surface area contributed by atoms with Gasteiger partial charge in [0, 0.05) is 5.56 Å². The molecule has 4 rings (SSSR count). The molecular formula is C16H8ClF4N5. The molecule has 0 atom stereocenters. The van der Waals surface area contributed by atoms with Crippen molar-refractivity contribution in [3.05, 3.63) is 58.8 Å². The van der Waals surface area contributed by atoms with Crippen molar-refractivity contribution in [2.75, 3.05) is 5.32 Å². The number of hydrogen-bond acceptors (Lipinski definition) is 4. The lowest BCUT2D eigenvalue weighted by atomic mass is 10.1. The topological polar surface area (TPSA) is 66.0 Å². The third kappa shape index (κ3) is 2.70. The molecule has 5 nitrogen and oxygen atoms in total. The van der Waals surface area contributed by atoms with Gasteiger partial charge in [-0.25, -0.2) is 14.4 Å². The lowest BCUT2D eigenvalue weighted by Crippen LogP contribution is -2.15. The maximum Gasteiger partial charge on any atom is 0.433 e. The highest BCUT2D eigenvalue weighted by Gasteiger charge is 2.34.